The van der Waals surface area contributed by atoms with Crippen LogP contribution in [-0.2, 0) is 21.4 Å². The summed E-state index contributed by atoms with van der Waals surface area (Å²) in [6.07, 6.45) is 2.68. The molecule has 2 rings (SSSR count). The number of rotatable bonds is 5. The summed E-state index contributed by atoms with van der Waals surface area (Å²) in [5, 5.41) is 2.68. The molecule has 0 spiro atoms. The lowest BCUT2D eigenvalue weighted by atomic mass is 10.00. The van der Waals surface area contributed by atoms with E-state index in [0.29, 0.717) is 17.3 Å². The van der Waals surface area contributed by atoms with Crippen molar-refractivity contribution in [3.05, 3.63) is 17.0 Å². The lowest BCUT2D eigenvalue weighted by Gasteiger charge is -2.36. The Morgan fingerprint density at radius 1 is 1.48 bits per heavy atom. The van der Waals surface area contributed by atoms with E-state index in [-0.39, 0.29) is 30.4 Å². The second-order valence-corrected chi connectivity index (χ2v) is 8.95. The summed E-state index contributed by atoms with van der Waals surface area (Å²) in [6.45, 7) is 4.17. The highest BCUT2D eigenvalue weighted by Gasteiger charge is 2.36. The Hall–Kier alpha value is -0.670. The van der Waals surface area contributed by atoms with Gasteiger partial charge >= 0.3 is 0 Å². The third-order valence-corrected chi connectivity index (χ3v) is 7.29. The van der Waals surface area contributed by atoms with Gasteiger partial charge in [-0.3, -0.25) is 4.79 Å². The fourth-order valence-corrected chi connectivity index (χ4v) is 5.87. The van der Waals surface area contributed by atoms with Crippen molar-refractivity contribution in [3.63, 3.8) is 0 Å². The minimum Gasteiger partial charge on any atom is -0.351 e. The second kappa shape index (κ2) is 8.43. The zero-order valence-electron chi connectivity index (χ0n) is 13.3. The van der Waals surface area contributed by atoms with Gasteiger partial charge in [-0.15, -0.1) is 23.7 Å². The monoisotopic (exact) mass is 381 g/mol. The van der Waals surface area contributed by atoms with E-state index in [1.807, 2.05) is 6.92 Å². The number of nitrogens with zero attached hydrogens (tertiary/aromatic N) is 1. The molecule has 132 valence electrons. The Morgan fingerprint density at radius 3 is 2.78 bits per heavy atom. The van der Waals surface area contributed by atoms with Gasteiger partial charge in [-0.05, 0) is 31.9 Å². The topological polar surface area (TPSA) is 92.5 Å². The first-order valence-electron chi connectivity index (χ1n) is 7.43. The lowest BCUT2D eigenvalue weighted by Crippen LogP contribution is -2.51. The van der Waals surface area contributed by atoms with Crippen molar-refractivity contribution < 1.29 is 13.2 Å². The maximum absolute atomic E-state index is 12.8. The van der Waals surface area contributed by atoms with Crippen LogP contribution in [0.2, 0.25) is 0 Å². The molecular formula is C14H24ClN3O3S2. The Labute approximate surface area is 147 Å². The van der Waals surface area contributed by atoms with E-state index in [1.165, 1.54) is 18.3 Å². The first-order valence-corrected chi connectivity index (χ1v) is 9.68. The number of amides is 1. The molecule has 0 radical (unpaired) electrons. The van der Waals surface area contributed by atoms with Crippen molar-refractivity contribution in [2.45, 2.75) is 55.9 Å². The van der Waals surface area contributed by atoms with E-state index < -0.39 is 10.0 Å². The van der Waals surface area contributed by atoms with Crippen molar-refractivity contribution in [3.8, 4) is 0 Å². The third kappa shape index (κ3) is 4.90. The van der Waals surface area contributed by atoms with Gasteiger partial charge in [-0.1, -0.05) is 6.42 Å². The molecule has 23 heavy (non-hydrogen) atoms. The summed E-state index contributed by atoms with van der Waals surface area (Å²) < 4.78 is 27.6. The van der Waals surface area contributed by atoms with Crippen LogP contribution in [0.3, 0.4) is 0 Å². The maximum Gasteiger partial charge on any atom is 0.252 e. The molecule has 6 nitrogen and oxygen atoms in total. The minimum absolute atomic E-state index is 0. The highest BCUT2D eigenvalue weighted by atomic mass is 35.5. The number of carbonyl (C=O) groups is 1. The molecule has 2 unspecified atom stereocenters. The maximum atomic E-state index is 12.8. The Morgan fingerprint density at radius 2 is 2.17 bits per heavy atom. The number of piperidine rings is 1. The minimum atomic E-state index is -3.51. The molecule has 1 fully saturated rings. The number of hydrogen-bond donors (Lipinski definition) is 2. The van der Waals surface area contributed by atoms with Crippen LogP contribution in [0.4, 0.5) is 0 Å². The Kier molecular flexibility index (Phi) is 7.47. The number of nitrogens with one attached hydrogen (secondary N) is 1. The third-order valence-electron chi connectivity index (χ3n) is 3.82. The molecule has 0 bridgehead atoms. The van der Waals surface area contributed by atoms with Gasteiger partial charge in [0, 0.05) is 30.4 Å². The van der Waals surface area contributed by atoms with Gasteiger partial charge in [0.1, 0.15) is 4.21 Å². The average Bonchev–Trinajstić information content (AvgIpc) is 2.94. The van der Waals surface area contributed by atoms with Crippen LogP contribution in [0.25, 0.3) is 0 Å². The summed E-state index contributed by atoms with van der Waals surface area (Å²) in [5.74, 6) is -0.133. The molecule has 1 saturated heterocycles. The first-order chi connectivity index (χ1) is 10.3. The summed E-state index contributed by atoms with van der Waals surface area (Å²) in [7, 11) is -3.51. The van der Waals surface area contributed by atoms with Gasteiger partial charge in [0.15, 0.2) is 0 Å². The van der Waals surface area contributed by atoms with Crippen molar-refractivity contribution >= 4 is 39.7 Å². The molecule has 3 N–H and O–H groups in total. The van der Waals surface area contributed by atoms with Crippen LogP contribution < -0.4 is 11.1 Å². The quantitative estimate of drug-likeness (QED) is 0.811. The zero-order chi connectivity index (χ0) is 16.3. The van der Waals surface area contributed by atoms with Gasteiger partial charge in [0.2, 0.25) is 5.91 Å². The molecule has 1 aromatic heterocycles. The van der Waals surface area contributed by atoms with Gasteiger partial charge < -0.3 is 11.1 Å². The molecule has 0 aromatic carbocycles. The van der Waals surface area contributed by atoms with E-state index >= 15 is 0 Å². The van der Waals surface area contributed by atoms with Crippen LogP contribution >= 0.6 is 23.7 Å². The van der Waals surface area contributed by atoms with E-state index in [1.54, 1.807) is 16.4 Å². The standard InChI is InChI=1S/C14H23N3O3S2.ClH/c1-10(15)13-5-3-4-8-17(13)22(19,20)14-7-6-12(21-14)9-16-11(2)18;/h6-7,10,13H,3-5,8-9,15H2,1-2H3,(H,16,18);1H. The number of nitrogens with two attached hydrogens (primary N) is 1. The smallest absolute Gasteiger partial charge is 0.252 e. The summed E-state index contributed by atoms with van der Waals surface area (Å²) >= 11 is 1.20. The van der Waals surface area contributed by atoms with Gasteiger partial charge in [-0.25, -0.2) is 8.42 Å². The first kappa shape index (κ1) is 20.4. The summed E-state index contributed by atoms with van der Waals surface area (Å²) in [6, 6.07) is 3.04. The molecule has 0 saturated carbocycles. The van der Waals surface area contributed by atoms with Crippen LogP contribution in [0.1, 0.15) is 38.0 Å². The van der Waals surface area contributed by atoms with E-state index in [9.17, 15) is 13.2 Å². The second-order valence-electron chi connectivity index (χ2n) is 5.67. The van der Waals surface area contributed by atoms with Crippen molar-refractivity contribution in [2.24, 2.45) is 5.73 Å². The molecule has 9 heteroatoms. The number of hydrogen-bond acceptors (Lipinski definition) is 5. The molecule has 2 atom stereocenters. The van der Waals surface area contributed by atoms with E-state index in [4.69, 9.17) is 5.73 Å². The molecule has 1 amide bonds. The SMILES string of the molecule is CC(=O)NCc1ccc(S(=O)(=O)N2CCCCC2C(C)N)s1.Cl. The number of thiophene rings is 1. The summed E-state index contributed by atoms with van der Waals surface area (Å²) in [5.41, 5.74) is 5.97. The largest absolute Gasteiger partial charge is 0.351 e. The molecule has 1 aromatic rings. The lowest BCUT2D eigenvalue weighted by molar-refractivity contribution is -0.119. The molecule has 1 aliphatic rings. The van der Waals surface area contributed by atoms with Crippen LogP contribution in [0, 0.1) is 0 Å². The Balaban J connectivity index is 0.00000264. The normalized spacial score (nSPS) is 20.6. The zero-order valence-corrected chi connectivity index (χ0v) is 15.8. The van der Waals surface area contributed by atoms with E-state index in [2.05, 4.69) is 5.32 Å². The molecular weight excluding hydrogens is 358 g/mol. The highest BCUT2D eigenvalue weighted by molar-refractivity contribution is 7.91. The predicted molar refractivity (Wildman–Crippen MR) is 94.3 cm³/mol. The van der Waals surface area contributed by atoms with Crippen LogP contribution in [0.5, 0.6) is 0 Å². The number of sulfonamides is 1. The number of halogens is 1. The van der Waals surface area contributed by atoms with Crippen LogP contribution in [0.15, 0.2) is 16.3 Å². The molecule has 1 aliphatic heterocycles. The highest BCUT2D eigenvalue weighted by Crippen LogP contribution is 2.30. The van der Waals surface area contributed by atoms with Crippen molar-refractivity contribution in [1.82, 2.24) is 9.62 Å². The fourth-order valence-electron chi connectivity index (χ4n) is 2.67. The van der Waals surface area contributed by atoms with E-state index in [0.717, 1.165) is 24.1 Å². The predicted octanol–water partition coefficient (Wildman–Crippen LogP) is 1.70. The summed E-state index contributed by atoms with van der Waals surface area (Å²) in [4.78, 5) is 11.8. The van der Waals surface area contributed by atoms with Gasteiger partial charge in [0.25, 0.3) is 10.0 Å². The van der Waals surface area contributed by atoms with Gasteiger partial charge in [0.05, 0.1) is 6.54 Å². The number of carbonyl (C=O) groups excluding carboxylic acids is 1. The Bertz CT molecular complexity index is 631. The fraction of sp³-hybridized carbons (Fsp3) is 0.643. The van der Waals surface area contributed by atoms with Crippen LogP contribution in [-0.4, -0.2) is 37.3 Å². The average molecular weight is 382 g/mol. The molecule has 0 aliphatic carbocycles. The van der Waals surface area contributed by atoms with Crippen molar-refractivity contribution in [1.29, 1.82) is 0 Å². The molecule has 2 heterocycles. The van der Waals surface area contributed by atoms with Crippen molar-refractivity contribution in [2.75, 3.05) is 6.54 Å². The van der Waals surface area contributed by atoms with Gasteiger partial charge in [-0.2, -0.15) is 4.31 Å².